The van der Waals surface area contributed by atoms with Crippen LogP contribution in [-0.4, -0.2) is 22.6 Å². The number of nitrogens with zero attached hydrogens (tertiary/aromatic N) is 3. The van der Waals surface area contributed by atoms with E-state index in [9.17, 15) is 4.79 Å². The maximum absolute atomic E-state index is 13.7. The molecule has 0 unspecified atom stereocenters. The molecule has 2 heterocycles. The summed E-state index contributed by atoms with van der Waals surface area (Å²) in [6, 6.07) is 21.8. The van der Waals surface area contributed by atoms with Crippen LogP contribution in [0.25, 0.3) is 22.6 Å². The number of carbonyl (C=O) groups excluding carboxylic acids is 1. The fraction of sp³-hybridized carbons (Fsp3) is 0.154. The summed E-state index contributed by atoms with van der Waals surface area (Å²) in [6.45, 7) is 4.39. The first-order valence-corrected chi connectivity index (χ1v) is 10.3. The summed E-state index contributed by atoms with van der Waals surface area (Å²) >= 11 is 0. The third-order valence-corrected chi connectivity index (χ3v) is 5.83. The molecule has 0 aliphatic carbocycles. The van der Waals surface area contributed by atoms with E-state index >= 15 is 0 Å². The number of fused-ring (bicyclic) bond motifs is 3. The lowest BCUT2D eigenvalue weighted by molar-refractivity contribution is 0.0978. The van der Waals surface area contributed by atoms with Gasteiger partial charge in [-0.1, -0.05) is 35.9 Å². The van der Waals surface area contributed by atoms with Crippen molar-refractivity contribution in [2.75, 3.05) is 12.0 Å². The van der Waals surface area contributed by atoms with Gasteiger partial charge in [-0.25, -0.2) is 4.98 Å². The molecule has 31 heavy (non-hydrogen) atoms. The lowest BCUT2D eigenvalue weighted by Crippen LogP contribution is -2.36. The van der Waals surface area contributed by atoms with Gasteiger partial charge in [-0.3, -0.25) is 9.69 Å². The van der Waals surface area contributed by atoms with E-state index in [4.69, 9.17) is 9.72 Å². The Morgan fingerprint density at radius 1 is 1.00 bits per heavy atom. The van der Waals surface area contributed by atoms with Gasteiger partial charge in [-0.05, 0) is 55.8 Å². The van der Waals surface area contributed by atoms with Crippen molar-refractivity contribution in [3.05, 3.63) is 89.6 Å². The second-order valence-corrected chi connectivity index (χ2v) is 7.83. The molecule has 1 aromatic heterocycles. The summed E-state index contributed by atoms with van der Waals surface area (Å²) in [5, 5.41) is 0. The maximum atomic E-state index is 13.7. The average Bonchev–Trinajstić information content (AvgIpc) is 3.24. The molecule has 1 aliphatic heterocycles. The third-order valence-electron chi connectivity index (χ3n) is 5.83. The van der Waals surface area contributed by atoms with Crippen LogP contribution < -0.4 is 9.64 Å². The highest BCUT2D eigenvalue weighted by Crippen LogP contribution is 2.39. The summed E-state index contributed by atoms with van der Waals surface area (Å²) in [7, 11) is 1.65. The average molecular weight is 409 g/mol. The van der Waals surface area contributed by atoms with Crippen LogP contribution in [0.3, 0.4) is 0 Å². The second kappa shape index (κ2) is 7.43. The number of anilines is 1. The summed E-state index contributed by atoms with van der Waals surface area (Å²) in [5.41, 5.74) is 6.66. The minimum atomic E-state index is -0.00585. The topological polar surface area (TPSA) is 47.4 Å². The monoisotopic (exact) mass is 409 g/mol. The number of benzene rings is 3. The predicted octanol–water partition coefficient (Wildman–Crippen LogP) is 5.46. The molecule has 0 bridgehead atoms. The standard InChI is InChI=1S/C26H23N3O2/c1-17-8-9-18(2)22(14-17)26(30)29-16-28-24(21-6-4-5-7-23(21)29)15-27-25(28)19-10-12-20(31-3)13-11-19/h4-15H,16H2,1-3H3. The van der Waals surface area contributed by atoms with Gasteiger partial charge in [0.2, 0.25) is 0 Å². The van der Waals surface area contributed by atoms with E-state index in [2.05, 4.69) is 4.57 Å². The van der Waals surface area contributed by atoms with Crippen molar-refractivity contribution in [1.29, 1.82) is 0 Å². The number of aryl methyl sites for hydroxylation is 2. The Balaban J connectivity index is 1.63. The van der Waals surface area contributed by atoms with E-state index in [0.717, 1.165) is 50.8 Å². The molecule has 5 heteroatoms. The summed E-state index contributed by atoms with van der Waals surface area (Å²) in [6.07, 6.45) is 1.89. The molecule has 154 valence electrons. The molecular weight excluding hydrogens is 386 g/mol. The lowest BCUT2D eigenvalue weighted by atomic mass is 10.0. The van der Waals surface area contributed by atoms with Crippen molar-refractivity contribution in [2.45, 2.75) is 20.5 Å². The molecule has 4 aromatic rings. The number of ether oxygens (including phenoxy) is 1. The molecule has 3 aromatic carbocycles. The van der Waals surface area contributed by atoms with Gasteiger partial charge in [0.1, 0.15) is 18.2 Å². The SMILES string of the molecule is COc1ccc(-c2ncc3n2CN(C(=O)c2cc(C)ccc2C)c2ccccc2-3)cc1. The van der Waals surface area contributed by atoms with Crippen LogP contribution >= 0.6 is 0 Å². The number of amides is 1. The Hall–Kier alpha value is -3.86. The second-order valence-electron chi connectivity index (χ2n) is 7.83. The summed E-state index contributed by atoms with van der Waals surface area (Å²) in [4.78, 5) is 20.2. The summed E-state index contributed by atoms with van der Waals surface area (Å²) < 4.78 is 7.39. The Morgan fingerprint density at radius 3 is 2.55 bits per heavy atom. The van der Waals surface area contributed by atoms with E-state index in [1.54, 1.807) is 7.11 Å². The number of rotatable bonds is 3. The van der Waals surface area contributed by atoms with Crippen molar-refractivity contribution < 1.29 is 9.53 Å². The first-order chi connectivity index (χ1) is 15.1. The van der Waals surface area contributed by atoms with Crippen LogP contribution in [0.1, 0.15) is 21.5 Å². The van der Waals surface area contributed by atoms with Gasteiger partial charge in [0, 0.05) is 16.7 Å². The number of para-hydroxylation sites is 1. The van der Waals surface area contributed by atoms with Crippen LogP contribution in [0.2, 0.25) is 0 Å². The van der Waals surface area contributed by atoms with Crippen LogP contribution in [-0.2, 0) is 6.67 Å². The molecule has 1 aliphatic rings. The number of aromatic nitrogens is 2. The van der Waals surface area contributed by atoms with E-state index < -0.39 is 0 Å². The first-order valence-electron chi connectivity index (χ1n) is 10.3. The zero-order valence-corrected chi connectivity index (χ0v) is 17.8. The number of hydrogen-bond donors (Lipinski definition) is 0. The van der Waals surface area contributed by atoms with Crippen molar-refractivity contribution in [3.8, 4) is 28.4 Å². The Kier molecular flexibility index (Phi) is 4.59. The van der Waals surface area contributed by atoms with E-state index in [1.165, 1.54) is 0 Å². The first kappa shape index (κ1) is 19.1. The van der Waals surface area contributed by atoms with Gasteiger partial charge in [0.25, 0.3) is 5.91 Å². The normalized spacial score (nSPS) is 12.3. The third kappa shape index (κ3) is 3.19. The Morgan fingerprint density at radius 2 is 1.77 bits per heavy atom. The number of imidazole rings is 1. The zero-order valence-electron chi connectivity index (χ0n) is 17.8. The van der Waals surface area contributed by atoms with Gasteiger partial charge in [0.05, 0.1) is 24.7 Å². The lowest BCUT2D eigenvalue weighted by Gasteiger charge is -2.32. The highest BCUT2D eigenvalue weighted by atomic mass is 16.5. The van der Waals surface area contributed by atoms with Gasteiger partial charge in [-0.2, -0.15) is 0 Å². The number of carbonyl (C=O) groups is 1. The number of hydrogen-bond acceptors (Lipinski definition) is 3. The summed E-state index contributed by atoms with van der Waals surface area (Å²) in [5.74, 6) is 1.62. The smallest absolute Gasteiger partial charge is 0.260 e. The van der Waals surface area contributed by atoms with E-state index in [0.29, 0.717) is 6.67 Å². The highest BCUT2D eigenvalue weighted by molar-refractivity contribution is 6.09. The molecule has 0 atom stereocenters. The van der Waals surface area contributed by atoms with Gasteiger partial charge in [-0.15, -0.1) is 0 Å². The molecule has 0 radical (unpaired) electrons. The van der Waals surface area contributed by atoms with Crippen molar-refractivity contribution >= 4 is 11.6 Å². The molecule has 0 N–H and O–H groups in total. The largest absolute Gasteiger partial charge is 0.497 e. The highest BCUT2D eigenvalue weighted by Gasteiger charge is 2.29. The van der Waals surface area contributed by atoms with Crippen LogP contribution in [0.15, 0.2) is 72.9 Å². The maximum Gasteiger partial charge on any atom is 0.260 e. The molecule has 0 saturated carbocycles. The molecule has 0 saturated heterocycles. The quantitative estimate of drug-likeness (QED) is 0.451. The number of methoxy groups -OCH3 is 1. The zero-order chi connectivity index (χ0) is 21.5. The molecule has 0 spiro atoms. The molecule has 0 fully saturated rings. The molecule has 1 amide bonds. The van der Waals surface area contributed by atoms with Crippen molar-refractivity contribution in [2.24, 2.45) is 0 Å². The molecule has 5 nitrogen and oxygen atoms in total. The van der Waals surface area contributed by atoms with Crippen LogP contribution in [0.5, 0.6) is 5.75 Å². The van der Waals surface area contributed by atoms with Crippen LogP contribution in [0, 0.1) is 13.8 Å². The van der Waals surface area contributed by atoms with E-state index in [-0.39, 0.29) is 5.91 Å². The minimum absolute atomic E-state index is 0.00585. The molecular formula is C26H23N3O2. The van der Waals surface area contributed by atoms with Crippen molar-refractivity contribution in [3.63, 3.8) is 0 Å². The molecule has 5 rings (SSSR count). The van der Waals surface area contributed by atoms with E-state index in [1.807, 2.05) is 91.7 Å². The Bertz CT molecular complexity index is 1290. The fourth-order valence-electron chi connectivity index (χ4n) is 4.13. The predicted molar refractivity (Wildman–Crippen MR) is 122 cm³/mol. The van der Waals surface area contributed by atoms with Gasteiger partial charge in [0.15, 0.2) is 0 Å². The van der Waals surface area contributed by atoms with Gasteiger partial charge >= 0.3 is 0 Å². The van der Waals surface area contributed by atoms with Gasteiger partial charge < -0.3 is 9.30 Å². The fourth-order valence-corrected chi connectivity index (χ4v) is 4.13. The van der Waals surface area contributed by atoms with Crippen LogP contribution in [0.4, 0.5) is 5.69 Å². The Labute approximate surface area is 181 Å². The van der Waals surface area contributed by atoms with Crippen molar-refractivity contribution in [1.82, 2.24) is 9.55 Å². The minimum Gasteiger partial charge on any atom is -0.497 e.